The molecule has 0 saturated heterocycles. The molecule has 0 N–H and O–H groups in total. The van der Waals surface area contributed by atoms with Crippen molar-refractivity contribution in [2.24, 2.45) is 0 Å². The molecule has 158 valence electrons. The third kappa shape index (κ3) is 4.74. The number of likely N-dealkylation sites (N-methyl/N-ethyl adjacent to an activating group) is 1. The minimum Gasteiger partial charge on any atom is -0.425 e. The molecular formula is C25H26N4O2. The summed E-state index contributed by atoms with van der Waals surface area (Å²) in [7, 11) is 1.97. The highest BCUT2D eigenvalue weighted by atomic mass is 16.4. The first-order chi connectivity index (χ1) is 15.0. The van der Waals surface area contributed by atoms with Crippen LogP contribution in [-0.4, -0.2) is 34.6 Å². The molecule has 0 aliphatic heterocycles. The standard InChI is InChI=1S/C25H26N4O2/c1-18-13-21(9-12-28(3)25-16-26-19(2)31-25)23(17-30)15-22(18)14-20-5-7-24(8-6-20)29-11-4-10-27-29/h4-8,10-11,13,15-17H,9,12,14H2,1-3H3. The van der Waals surface area contributed by atoms with Gasteiger partial charge in [0, 0.05) is 38.5 Å². The third-order valence-electron chi connectivity index (χ3n) is 5.53. The zero-order valence-corrected chi connectivity index (χ0v) is 18.1. The van der Waals surface area contributed by atoms with Crippen molar-refractivity contribution in [3.63, 3.8) is 0 Å². The van der Waals surface area contributed by atoms with Crippen LogP contribution in [0.2, 0.25) is 0 Å². The number of oxazole rings is 1. The van der Waals surface area contributed by atoms with Gasteiger partial charge in [0.2, 0.25) is 5.88 Å². The van der Waals surface area contributed by atoms with Gasteiger partial charge in [-0.3, -0.25) is 4.79 Å². The zero-order chi connectivity index (χ0) is 21.8. The lowest BCUT2D eigenvalue weighted by molar-refractivity contribution is 0.112. The van der Waals surface area contributed by atoms with Gasteiger partial charge in [-0.15, -0.1) is 0 Å². The van der Waals surface area contributed by atoms with Crippen molar-refractivity contribution in [2.75, 3.05) is 18.5 Å². The number of hydrogen-bond donors (Lipinski definition) is 0. The summed E-state index contributed by atoms with van der Waals surface area (Å²) < 4.78 is 7.41. The Balaban J connectivity index is 1.47. The van der Waals surface area contributed by atoms with Crippen molar-refractivity contribution >= 4 is 12.2 Å². The Hall–Kier alpha value is -3.67. The lowest BCUT2D eigenvalue weighted by Crippen LogP contribution is -2.20. The van der Waals surface area contributed by atoms with Crippen LogP contribution >= 0.6 is 0 Å². The number of benzene rings is 2. The lowest BCUT2D eigenvalue weighted by Gasteiger charge is -2.17. The molecule has 0 fully saturated rings. The van der Waals surface area contributed by atoms with E-state index in [0.29, 0.717) is 5.89 Å². The van der Waals surface area contributed by atoms with Crippen molar-refractivity contribution in [3.05, 3.63) is 94.8 Å². The SMILES string of the molecule is Cc1ncc(N(C)CCc2cc(C)c(Cc3ccc(-n4cccn4)cc3)cc2C=O)o1. The molecule has 0 amide bonds. The van der Waals surface area contributed by atoms with Crippen molar-refractivity contribution < 1.29 is 9.21 Å². The van der Waals surface area contributed by atoms with Crippen LogP contribution in [0.5, 0.6) is 0 Å². The number of rotatable bonds is 8. The molecule has 6 nitrogen and oxygen atoms in total. The van der Waals surface area contributed by atoms with Crippen LogP contribution in [-0.2, 0) is 12.8 Å². The Morgan fingerprint density at radius 2 is 1.94 bits per heavy atom. The maximum absolute atomic E-state index is 11.8. The Morgan fingerprint density at radius 3 is 2.58 bits per heavy atom. The highest BCUT2D eigenvalue weighted by Gasteiger charge is 2.11. The van der Waals surface area contributed by atoms with Gasteiger partial charge >= 0.3 is 0 Å². The van der Waals surface area contributed by atoms with E-state index in [1.54, 1.807) is 12.4 Å². The van der Waals surface area contributed by atoms with Gasteiger partial charge in [-0.2, -0.15) is 5.10 Å². The molecule has 0 bridgehead atoms. The van der Waals surface area contributed by atoms with Crippen molar-refractivity contribution in [3.8, 4) is 5.69 Å². The average molecular weight is 415 g/mol. The summed E-state index contributed by atoms with van der Waals surface area (Å²) in [6.45, 7) is 4.67. The molecule has 0 saturated carbocycles. The topological polar surface area (TPSA) is 64.2 Å². The number of aryl methyl sites for hydroxylation is 2. The summed E-state index contributed by atoms with van der Waals surface area (Å²) in [5.41, 5.74) is 6.38. The van der Waals surface area contributed by atoms with Gasteiger partial charge < -0.3 is 9.32 Å². The number of nitrogens with zero attached hydrogens (tertiary/aromatic N) is 4. The third-order valence-corrected chi connectivity index (χ3v) is 5.53. The second kappa shape index (κ2) is 9.00. The predicted octanol–water partition coefficient (Wildman–Crippen LogP) is 4.56. The van der Waals surface area contributed by atoms with E-state index in [1.165, 1.54) is 11.1 Å². The van der Waals surface area contributed by atoms with E-state index in [2.05, 4.69) is 47.3 Å². The second-order valence-electron chi connectivity index (χ2n) is 7.78. The summed E-state index contributed by atoms with van der Waals surface area (Å²) >= 11 is 0. The Bertz CT molecular complexity index is 1160. The van der Waals surface area contributed by atoms with Crippen molar-refractivity contribution in [1.82, 2.24) is 14.8 Å². The van der Waals surface area contributed by atoms with Gasteiger partial charge in [0.1, 0.15) is 6.29 Å². The van der Waals surface area contributed by atoms with Gasteiger partial charge in [0.25, 0.3) is 0 Å². The second-order valence-corrected chi connectivity index (χ2v) is 7.78. The number of anilines is 1. The van der Waals surface area contributed by atoms with E-state index in [1.807, 2.05) is 41.9 Å². The molecule has 0 aliphatic rings. The fraction of sp³-hybridized carbons (Fsp3) is 0.240. The normalized spacial score (nSPS) is 10.9. The summed E-state index contributed by atoms with van der Waals surface area (Å²) in [6, 6.07) is 14.4. The summed E-state index contributed by atoms with van der Waals surface area (Å²) in [5, 5.41) is 4.26. The van der Waals surface area contributed by atoms with E-state index in [0.717, 1.165) is 53.9 Å². The lowest BCUT2D eigenvalue weighted by atomic mass is 9.94. The quantitative estimate of drug-likeness (QED) is 0.396. The van der Waals surface area contributed by atoms with E-state index in [-0.39, 0.29) is 0 Å². The van der Waals surface area contributed by atoms with Crippen LogP contribution in [0.4, 0.5) is 5.88 Å². The summed E-state index contributed by atoms with van der Waals surface area (Å²) in [6.07, 6.45) is 7.91. The van der Waals surface area contributed by atoms with E-state index in [9.17, 15) is 4.79 Å². The maximum Gasteiger partial charge on any atom is 0.216 e. The van der Waals surface area contributed by atoms with Crippen molar-refractivity contribution in [1.29, 1.82) is 0 Å². The van der Waals surface area contributed by atoms with Crippen LogP contribution in [0.25, 0.3) is 5.69 Å². The molecule has 6 heteroatoms. The van der Waals surface area contributed by atoms with E-state index >= 15 is 0 Å². The molecule has 2 heterocycles. The molecule has 31 heavy (non-hydrogen) atoms. The zero-order valence-electron chi connectivity index (χ0n) is 18.1. The molecule has 2 aromatic heterocycles. The van der Waals surface area contributed by atoms with E-state index < -0.39 is 0 Å². The predicted molar refractivity (Wildman–Crippen MR) is 121 cm³/mol. The van der Waals surface area contributed by atoms with Crippen LogP contribution < -0.4 is 4.90 Å². The first-order valence-electron chi connectivity index (χ1n) is 10.3. The maximum atomic E-state index is 11.8. The smallest absolute Gasteiger partial charge is 0.216 e. The van der Waals surface area contributed by atoms with Gasteiger partial charge in [-0.1, -0.05) is 18.2 Å². The highest BCUT2D eigenvalue weighted by molar-refractivity contribution is 5.78. The summed E-state index contributed by atoms with van der Waals surface area (Å²) in [5.74, 6) is 1.38. The first kappa shape index (κ1) is 20.6. The Morgan fingerprint density at radius 1 is 1.13 bits per heavy atom. The molecule has 4 aromatic rings. The Labute approximate surface area is 182 Å². The number of aromatic nitrogens is 3. The molecule has 0 unspecified atom stereocenters. The van der Waals surface area contributed by atoms with Gasteiger partial charge in [0.15, 0.2) is 5.89 Å². The van der Waals surface area contributed by atoms with Crippen LogP contribution in [0.15, 0.2) is 65.5 Å². The molecule has 2 aromatic carbocycles. The highest BCUT2D eigenvalue weighted by Crippen LogP contribution is 2.21. The minimum atomic E-state index is 0.647. The van der Waals surface area contributed by atoms with Gasteiger partial charge in [-0.25, -0.2) is 9.67 Å². The summed E-state index contributed by atoms with van der Waals surface area (Å²) in [4.78, 5) is 17.9. The average Bonchev–Trinajstić information content (AvgIpc) is 3.46. The van der Waals surface area contributed by atoms with Crippen molar-refractivity contribution in [2.45, 2.75) is 26.7 Å². The molecule has 0 radical (unpaired) electrons. The number of hydrogen-bond acceptors (Lipinski definition) is 5. The largest absolute Gasteiger partial charge is 0.425 e. The van der Waals surface area contributed by atoms with Gasteiger partial charge in [0.05, 0.1) is 11.9 Å². The number of carbonyl (C=O) groups is 1. The molecule has 4 rings (SSSR count). The Kier molecular flexibility index (Phi) is 5.98. The molecule has 0 atom stereocenters. The number of aldehydes is 1. The first-order valence-corrected chi connectivity index (χ1v) is 10.3. The van der Waals surface area contributed by atoms with Crippen LogP contribution in [0.3, 0.4) is 0 Å². The minimum absolute atomic E-state index is 0.647. The number of carbonyl (C=O) groups excluding carboxylic acids is 1. The fourth-order valence-electron chi connectivity index (χ4n) is 3.68. The molecular weight excluding hydrogens is 388 g/mol. The van der Waals surface area contributed by atoms with Crippen LogP contribution in [0, 0.1) is 13.8 Å². The molecule has 0 aliphatic carbocycles. The monoisotopic (exact) mass is 414 g/mol. The molecule has 0 spiro atoms. The van der Waals surface area contributed by atoms with Gasteiger partial charge in [-0.05, 0) is 66.3 Å². The fourth-order valence-corrected chi connectivity index (χ4v) is 3.68. The van der Waals surface area contributed by atoms with Crippen LogP contribution in [0.1, 0.15) is 38.5 Å². The van der Waals surface area contributed by atoms with E-state index in [4.69, 9.17) is 4.42 Å².